The largest absolute Gasteiger partial charge is 0.481 e. The highest BCUT2D eigenvalue weighted by Gasteiger charge is 2.35. The standard InChI is InChI=1S/C26H30BrF3N2O3/c1-18(32(14-13-25(33)34)16-21-9-5-6-10-24(21)27)31-35-17-19-11-12-22(20-7-3-2-4-8-20)23(15-19)26(28,29)30/h5-6,9-12,15,20H,2-4,7-8,13-14,16-17H2,1H3,(H,33,34). The van der Waals surface area contributed by atoms with Crippen molar-refractivity contribution in [2.45, 2.75) is 70.7 Å². The molecule has 35 heavy (non-hydrogen) atoms. The predicted molar refractivity (Wildman–Crippen MR) is 132 cm³/mol. The molecule has 0 saturated heterocycles. The number of hydrogen-bond acceptors (Lipinski definition) is 3. The molecule has 1 aliphatic rings. The van der Waals surface area contributed by atoms with Gasteiger partial charge in [-0.1, -0.05) is 70.7 Å². The number of carbonyl (C=O) groups is 1. The van der Waals surface area contributed by atoms with E-state index in [1.54, 1.807) is 24.0 Å². The molecule has 2 aromatic carbocycles. The highest BCUT2D eigenvalue weighted by atomic mass is 79.9. The van der Waals surface area contributed by atoms with Crippen LogP contribution in [0.4, 0.5) is 13.2 Å². The van der Waals surface area contributed by atoms with Crippen LogP contribution >= 0.6 is 15.9 Å². The second-order valence-corrected chi connectivity index (χ2v) is 9.68. The van der Waals surface area contributed by atoms with Crippen LogP contribution < -0.4 is 0 Å². The number of halogens is 4. The maximum Gasteiger partial charge on any atom is 0.416 e. The molecule has 190 valence electrons. The van der Waals surface area contributed by atoms with Crippen LogP contribution in [-0.2, 0) is 29.0 Å². The lowest BCUT2D eigenvalue weighted by atomic mass is 9.81. The van der Waals surface area contributed by atoms with E-state index in [1.165, 1.54) is 0 Å². The SMILES string of the molecule is CC(=NOCc1ccc(C2CCCCC2)c(C(F)(F)F)c1)N(CCC(=O)O)Cc1ccccc1Br. The molecule has 0 heterocycles. The fourth-order valence-electron chi connectivity index (χ4n) is 4.38. The van der Waals surface area contributed by atoms with Gasteiger partial charge in [-0.2, -0.15) is 13.2 Å². The van der Waals surface area contributed by atoms with E-state index in [0.29, 0.717) is 23.5 Å². The molecular weight excluding hydrogens is 525 g/mol. The second-order valence-electron chi connectivity index (χ2n) is 8.82. The van der Waals surface area contributed by atoms with E-state index < -0.39 is 17.7 Å². The van der Waals surface area contributed by atoms with Crippen LogP contribution in [-0.4, -0.2) is 28.4 Å². The Balaban J connectivity index is 1.72. The zero-order valence-electron chi connectivity index (χ0n) is 19.7. The summed E-state index contributed by atoms with van der Waals surface area (Å²) in [5.41, 5.74) is 1.11. The Kier molecular flexibility index (Phi) is 9.60. The first-order chi connectivity index (χ1) is 16.6. The first kappa shape index (κ1) is 27.0. The van der Waals surface area contributed by atoms with Crippen LogP contribution in [0.5, 0.6) is 0 Å². The van der Waals surface area contributed by atoms with E-state index in [9.17, 15) is 18.0 Å². The molecule has 0 bridgehead atoms. The van der Waals surface area contributed by atoms with E-state index in [4.69, 9.17) is 9.94 Å². The molecule has 5 nitrogen and oxygen atoms in total. The first-order valence-electron chi connectivity index (χ1n) is 11.7. The normalized spacial score (nSPS) is 15.2. The summed E-state index contributed by atoms with van der Waals surface area (Å²) in [5.74, 6) is -0.554. The lowest BCUT2D eigenvalue weighted by molar-refractivity contribution is -0.139. The van der Waals surface area contributed by atoms with Gasteiger partial charge in [0.2, 0.25) is 0 Å². The number of hydrogen-bond donors (Lipinski definition) is 1. The van der Waals surface area contributed by atoms with Gasteiger partial charge in [-0.05, 0) is 54.5 Å². The van der Waals surface area contributed by atoms with Crippen molar-refractivity contribution in [3.8, 4) is 0 Å². The molecule has 0 radical (unpaired) electrons. The Hall–Kier alpha value is -2.55. The molecule has 0 aliphatic heterocycles. The number of carboxylic acid groups (broad SMARTS) is 1. The molecule has 3 rings (SSSR count). The molecule has 0 unspecified atom stereocenters. The van der Waals surface area contributed by atoms with Crippen molar-refractivity contribution in [3.05, 3.63) is 69.2 Å². The third-order valence-corrected chi connectivity index (χ3v) is 7.04. The summed E-state index contributed by atoms with van der Waals surface area (Å²) in [6.07, 6.45) is 0.0368. The smallest absolute Gasteiger partial charge is 0.416 e. The van der Waals surface area contributed by atoms with Crippen LogP contribution in [0.2, 0.25) is 0 Å². The van der Waals surface area contributed by atoms with Crippen LogP contribution in [0, 0.1) is 0 Å². The third kappa shape index (κ3) is 7.98. The number of oxime groups is 1. The summed E-state index contributed by atoms with van der Waals surface area (Å²) >= 11 is 3.49. The van der Waals surface area contributed by atoms with Crippen LogP contribution in [0.1, 0.15) is 73.6 Å². The molecule has 1 aliphatic carbocycles. The number of amidine groups is 1. The molecule has 2 aromatic rings. The fourth-order valence-corrected chi connectivity index (χ4v) is 4.79. The number of aliphatic carboxylic acids is 1. The zero-order chi connectivity index (χ0) is 25.4. The molecule has 1 fully saturated rings. The topological polar surface area (TPSA) is 62.1 Å². The Bertz CT molecular complexity index is 1040. The quantitative estimate of drug-likeness (QED) is 0.200. The Morgan fingerprint density at radius 2 is 1.89 bits per heavy atom. The van der Waals surface area contributed by atoms with E-state index >= 15 is 0 Å². The molecule has 1 saturated carbocycles. The zero-order valence-corrected chi connectivity index (χ0v) is 21.2. The maximum absolute atomic E-state index is 13.8. The van der Waals surface area contributed by atoms with Crippen molar-refractivity contribution < 1.29 is 27.9 Å². The van der Waals surface area contributed by atoms with E-state index in [2.05, 4.69) is 21.1 Å². The highest BCUT2D eigenvalue weighted by Crippen LogP contribution is 2.41. The van der Waals surface area contributed by atoms with Crippen LogP contribution in [0.15, 0.2) is 52.1 Å². The molecule has 9 heteroatoms. The average Bonchev–Trinajstić information content (AvgIpc) is 2.82. The van der Waals surface area contributed by atoms with E-state index in [-0.39, 0.29) is 25.5 Å². The summed E-state index contributed by atoms with van der Waals surface area (Å²) in [7, 11) is 0. The molecular formula is C26H30BrF3N2O3. The Labute approximate surface area is 212 Å². The van der Waals surface area contributed by atoms with E-state index in [1.807, 2.05) is 24.3 Å². The summed E-state index contributed by atoms with van der Waals surface area (Å²) in [6.45, 7) is 2.19. The van der Waals surface area contributed by atoms with Gasteiger partial charge in [-0.25, -0.2) is 0 Å². The van der Waals surface area contributed by atoms with Crippen molar-refractivity contribution in [3.63, 3.8) is 0 Å². The summed E-state index contributed by atoms with van der Waals surface area (Å²) < 4.78 is 42.3. The van der Waals surface area contributed by atoms with Crippen molar-refractivity contribution in [2.75, 3.05) is 6.54 Å². The fraction of sp³-hybridized carbons (Fsp3) is 0.462. The molecule has 1 N–H and O–H groups in total. The predicted octanol–water partition coefficient (Wildman–Crippen LogP) is 7.34. The van der Waals surface area contributed by atoms with Gasteiger partial charge in [-0.15, -0.1) is 0 Å². The van der Waals surface area contributed by atoms with Crippen LogP contribution in [0.3, 0.4) is 0 Å². The van der Waals surface area contributed by atoms with Gasteiger partial charge in [-0.3, -0.25) is 4.79 Å². The molecule has 0 aromatic heterocycles. The van der Waals surface area contributed by atoms with Crippen molar-refractivity contribution in [2.24, 2.45) is 5.16 Å². The monoisotopic (exact) mass is 554 g/mol. The minimum atomic E-state index is -4.43. The number of alkyl halides is 3. The Morgan fingerprint density at radius 3 is 2.54 bits per heavy atom. The van der Waals surface area contributed by atoms with Gasteiger partial charge in [0.25, 0.3) is 0 Å². The molecule has 0 atom stereocenters. The average molecular weight is 555 g/mol. The number of carboxylic acids is 1. The minimum absolute atomic E-state index is 0.0595. The summed E-state index contributed by atoms with van der Waals surface area (Å²) in [6, 6.07) is 12.0. The maximum atomic E-state index is 13.8. The first-order valence-corrected chi connectivity index (χ1v) is 12.5. The number of nitrogens with zero attached hydrogens (tertiary/aromatic N) is 2. The van der Waals surface area contributed by atoms with E-state index in [0.717, 1.165) is 48.2 Å². The lowest BCUT2D eigenvalue weighted by Gasteiger charge is -2.25. The van der Waals surface area contributed by atoms with Gasteiger partial charge in [0.15, 0.2) is 0 Å². The second kappa shape index (κ2) is 12.4. The van der Waals surface area contributed by atoms with Crippen molar-refractivity contribution >= 4 is 27.7 Å². The summed E-state index contributed by atoms with van der Waals surface area (Å²) in [4.78, 5) is 18.3. The van der Waals surface area contributed by atoms with Gasteiger partial charge < -0.3 is 14.8 Å². The van der Waals surface area contributed by atoms with Gasteiger partial charge in [0, 0.05) is 17.6 Å². The number of rotatable bonds is 9. The molecule has 0 amide bonds. The highest BCUT2D eigenvalue weighted by molar-refractivity contribution is 9.10. The third-order valence-electron chi connectivity index (χ3n) is 6.27. The van der Waals surface area contributed by atoms with Gasteiger partial charge in [0.05, 0.1) is 12.0 Å². The Morgan fingerprint density at radius 1 is 1.17 bits per heavy atom. The van der Waals surface area contributed by atoms with Crippen molar-refractivity contribution in [1.29, 1.82) is 0 Å². The summed E-state index contributed by atoms with van der Waals surface area (Å²) in [5, 5.41) is 13.2. The minimum Gasteiger partial charge on any atom is -0.481 e. The van der Waals surface area contributed by atoms with Crippen LogP contribution in [0.25, 0.3) is 0 Å². The van der Waals surface area contributed by atoms with Gasteiger partial charge >= 0.3 is 12.1 Å². The van der Waals surface area contributed by atoms with Gasteiger partial charge in [0.1, 0.15) is 12.4 Å². The number of benzene rings is 2. The lowest BCUT2D eigenvalue weighted by Crippen LogP contribution is -2.31. The molecule has 0 spiro atoms. The van der Waals surface area contributed by atoms with Crippen molar-refractivity contribution in [1.82, 2.24) is 4.90 Å².